The SMILES string of the molecule is OC[C@H](CCCn1cccc1)N(Cc1ccccc1)Cc1ccccc1. The van der Waals surface area contributed by atoms with E-state index in [0.29, 0.717) is 0 Å². The molecule has 2 aromatic carbocycles. The molecule has 0 amide bonds. The number of aryl methyl sites for hydroxylation is 1. The molecule has 3 heteroatoms. The molecule has 0 unspecified atom stereocenters. The summed E-state index contributed by atoms with van der Waals surface area (Å²) in [6.07, 6.45) is 6.23. The second-order valence-corrected chi connectivity index (χ2v) is 6.78. The molecule has 3 rings (SSSR count). The molecule has 0 saturated heterocycles. The van der Waals surface area contributed by atoms with Crippen LogP contribution in [0.3, 0.4) is 0 Å². The van der Waals surface area contributed by atoms with E-state index in [1.54, 1.807) is 0 Å². The van der Waals surface area contributed by atoms with Gasteiger partial charge in [-0.05, 0) is 36.1 Å². The molecule has 0 saturated carbocycles. The highest BCUT2D eigenvalue weighted by atomic mass is 16.3. The van der Waals surface area contributed by atoms with E-state index in [2.05, 4.69) is 82.5 Å². The molecule has 26 heavy (non-hydrogen) atoms. The van der Waals surface area contributed by atoms with Crippen LogP contribution in [0.4, 0.5) is 0 Å². The second-order valence-electron chi connectivity index (χ2n) is 6.78. The van der Waals surface area contributed by atoms with Gasteiger partial charge in [-0.25, -0.2) is 0 Å². The Morgan fingerprint density at radius 2 is 1.31 bits per heavy atom. The molecule has 0 aliphatic carbocycles. The summed E-state index contributed by atoms with van der Waals surface area (Å²) in [4.78, 5) is 2.40. The third kappa shape index (κ3) is 5.58. The van der Waals surface area contributed by atoms with E-state index in [0.717, 1.165) is 32.5 Å². The Hall–Kier alpha value is -2.36. The zero-order valence-electron chi connectivity index (χ0n) is 15.2. The van der Waals surface area contributed by atoms with Crippen molar-refractivity contribution in [1.82, 2.24) is 9.47 Å². The first-order chi connectivity index (χ1) is 12.8. The molecule has 1 atom stereocenters. The molecule has 0 spiro atoms. The van der Waals surface area contributed by atoms with Crippen molar-refractivity contribution >= 4 is 0 Å². The van der Waals surface area contributed by atoms with Crippen molar-refractivity contribution in [3.63, 3.8) is 0 Å². The maximum absolute atomic E-state index is 10.1. The molecular weight excluding hydrogens is 320 g/mol. The number of rotatable bonds is 10. The van der Waals surface area contributed by atoms with Crippen LogP contribution in [-0.2, 0) is 19.6 Å². The molecule has 3 nitrogen and oxygen atoms in total. The normalized spacial score (nSPS) is 12.4. The molecule has 136 valence electrons. The van der Waals surface area contributed by atoms with Gasteiger partial charge in [-0.1, -0.05) is 60.7 Å². The topological polar surface area (TPSA) is 28.4 Å². The molecule has 0 fully saturated rings. The minimum Gasteiger partial charge on any atom is -0.395 e. The summed E-state index contributed by atoms with van der Waals surface area (Å²) < 4.78 is 2.20. The Morgan fingerprint density at radius 1 is 0.769 bits per heavy atom. The van der Waals surface area contributed by atoms with E-state index in [1.165, 1.54) is 11.1 Å². The van der Waals surface area contributed by atoms with Crippen LogP contribution in [0.5, 0.6) is 0 Å². The van der Waals surface area contributed by atoms with Crippen molar-refractivity contribution in [2.24, 2.45) is 0 Å². The van der Waals surface area contributed by atoms with Crippen LogP contribution < -0.4 is 0 Å². The van der Waals surface area contributed by atoms with Gasteiger partial charge < -0.3 is 9.67 Å². The van der Waals surface area contributed by atoms with E-state index in [1.807, 2.05) is 12.1 Å². The van der Waals surface area contributed by atoms with Gasteiger partial charge >= 0.3 is 0 Å². The fraction of sp³-hybridized carbons (Fsp3) is 0.304. The zero-order valence-corrected chi connectivity index (χ0v) is 15.2. The van der Waals surface area contributed by atoms with Crippen molar-refractivity contribution in [3.05, 3.63) is 96.3 Å². The molecule has 1 N–H and O–H groups in total. The Bertz CT molecular complexity index is 684. The lowest BCUT2D eigenvalue weighted by Gasteiger charge is -2.31. The van der Waals surface area contributed by atoms with Gasteiger partial charge in [-0.15, -0.1) is 0 Å². The van der Waals surface area contributed by atoms with Crippen LogP contribution in [-0.4, -0.2) is 27.2 Å². The van der Waals surface area contributed by atoms with Gasteiger partial charge in [0.25, 0.3) is 0 Å². The number of aliphatic hydroxyl groups is 1. The molecular formula is C23H28N2O. The summed E-state index contributed by atoms with van der Waals surface area (Å²) in [5, 5.41) is 10.1. The highest BCUT2D eigenvalue weighted by molar-refractivity contribution is 5.17. The Morgan fingerprint density at radius 3 is 1.81 bits per heavy atom. The lowest BCUT2D eigenvalue weighted by atomic mass is 10.1. The van der Waals surface area contributed by atoms with Gasteiger partial charge in [0, 0.05) is 38.1 Å². The van der Waals surface area contributed by atoms with Crippen molar-refractivity contribution < 1.29 is 5.11 Å². The maximum Gasteiger partial charge on any atom is 0.0587 e. The van der Waals surface area contributed by atoms with Gasteiger partial charge in [0.2, 0.25) is 0 Å². The van der Waals surface area contributed by atoms with Crippen molar-refractivity contribution in [3.8, 4) is 0 Å². The van der Waals surface area contributed by atoms with Crippen LogP contribution in [0.2, 0.25) is 0 Å². The minimum absolute atomic E-state index is 0.158. The van der Waals surface area contributed by atoms with Crippen LogP contribution >= 0.6 is 0 Å². The predicted molar refractivity (Wildman–Crippen MR) is 107 cm³/mol. The van der Waals surface area contributed by atoms with Crippen molar-refractivity contribution in [2.45, 2.75) is 38.5 Å². The van der Waals surface area contributed by atoms with Gasteiger partial charge in [-0.3, -0.25) is 4.90 Å². The number of hydrogen-bond acceptors (Lipinski definition) is 2. The lowest BCUT2D eigenvalue weighted by Crippen LogP contribution is -2.37. The molecule has 0 bridgehead atoms. The van der Waals surface area contributed by atoms with Gasteiger partial charge in [0.15, 0.2) is 0 Å². The number of hydrogen-bond donors (Lipinski definition) is 1. The fourth-order valence-electron chi connectivity index (χ4n) is 3.37. The van der Waals surface area contributed by atoms with Crippen LogP contribution in [0, 0.1) is 0 Å². The summed E-state index contributed by atoms with van der Waals surface area (Å²) in [6.45, 7) is 2.88. The van der Waals surface area contributed by atoms with Gasteiger partial charge in [0.1, 0.15) is 0 Å². The summed E-state index contributed by atoms with van der Waals surface area (Å²) in [6, 6.07) is 25.3. The van der Waals surface area contributed by atoms with E-state index in [9.17, 15) is 5.11 Å². The molecule has 1 heterocycles. The van der Waals surface area contributed by atoms with Crippen molar-refractivity contribution in [1.29, 1.82) is 0 Å². The van der Waals surface area contributed by atoms with Crippen LogP contribution in [0.1, 0.15) is 24.0 Å². The first-order valence-electron chi connectivity index (χ1n) is 9.38. The number of benzene rings is 2. The Balaban J connectivity index is 1.66. The van der Waals surface area contributed by atoms with Crippen molar-refractivity contribution in [2.75, 3.05) is 6.61 Å². The fourth-order valence-corrected chi connectivity index (χ4v) is 3.37. The molecule has 0 aliphatic heterocycles. The first-order valence-corrected chi connectivity index (χ1v) is 9.38. The average Bonchev–Trinajstić information content (AvgIpc) is 3.20. The highest BCUT2D eigenvalue weighted by Crippen LogP contribution is 2.17. The van der Waals surface area contributed by atoms with Crippen LogP contribution in [0.15, 0.2) is 85.2 Å². The monoisotopic (exact) mass is 348 g/mol. The quantitative estimate of drug-likeness (QED) is 0.591. The maximum atomic E-state index is 10.1. The zero-order chi connectivity index (χ0) is 18.0. The third-order valence-corrected chi connectivity index (χ3v) is 4.80. The Labute approximate surface area is 156 Å². The Kier molecular flexibility index (Phi) is 7.05. The van der Waals surface area contributed by atoms with E-state index in [-0.39, 0.29) is 12.6 Å². The smallest absolute Gasteiger partial charge is 0.0587 e. The predicted octanol–water partition coefficient (Wildman–Crippen LogP) is 4.33. The molecule has 1 aromatic heterocycles. The average molecular weight is 348 g/mol. The minimum atomic E-state index is 0.158. The molecule has 3 aromatic rings. The number of nitrogens with zero attached hydrogens (tertiary/aromatic N) is 2. The van der Waals surface area contributed by atoms with E-state index in [4.69, 9.17) is 0 Å². The molecule has 0 radical (unpaired) electrons. The summed E-state index contributed by atoms with van der Waals surface area (Å²) in [5.41, 5.74) is 2.57. The molecule has 0 aliphatic rings. The van der Waals surface area contributed by atoms with E-state index >= 15 is 0 Å². The number of aromatic nitrogens is 1. The van der Waals surface area contributed by atoms with Gasteiger partial charge in [0.05, 0.1) is 6.61 Å². The standard InChI is InChI=1S/C23H28N2O/c26-20-23(14-9-17-24-15-7-8-16-24)25(18-21-10-3-1-4-11-21)19-22-12-5-2-6-13-22/h1-8,10-13,15-16,23,26H,9,14,17-20H2/t23-/m0/s1. The summed E-state index contributed by atoms with van der Waals surface area (Å²) in [5.74, 6) is 0. The summed E-state index contributed by atoms with van der Waals surface area (Å²) >= 11 is 0. The van der Waals surface area contributed by atoms with Gasteiger partial charge in [-0.2, -0.15) is 0 Å². The third-order valence-electron chi connectivity index (χ3n) is 4.80. The largest absolute Gasteiger partial charge is 0.395 e. The number of aliphatic hydroxyl groups excluding tert-OH is 1. The lowest BCUT2D eigenvalue weighted by molar-refractivity contribution is 0.101. The first kappa shape index (κ1) is 18.4. The summed E-state index contributed by atoms with van der Waals surface area (Å²) in [7, 11) is 0. The highest BCUT2D eigenvalue weighted by Gasteiger charge is 2.18. The van der Waals surface area contributed by atoms with E-state index < -0.39 is 0 Å². The van der Waals surface area contributed by atoms with Crippen LogP contribution in [0.25, 0.3) is 0 Å². The second kappa shape index (κ2) is 9.95.